The average molecular weight is 196 g/mol. The first-order chi connectivity index (χ1) is 6.78. The topological polar surface area (TPSA) is 6.48 Å². The quantitative estimate of drug-likeness (QED) is 0.677. The van der Waals surface area contributed by atoms with Gasteiger partial charge in [0.05, 0.1) is 0 Å². The fourth-order valence-corrected chi connectivity index (χ4v) is 2.99. The number of likely N-dealkylation sites (tertiary alicyclic amines) is 2. The lowest BCUT2D eigenvalue weighted by Crippen LogP contribution is -2.45. The van der Waals surface area contributed by atoms with Crippen LogP contribution in [0, 0.1) is 11.8 Å². The summed E-state index contributed by atoms with van der Waals surface area (Å²) >= 11 is 0. The first kappa shape index (κ1) is 10.4. The molecule has 82 valence electrons. The Morgan fingerprint density at radius 2 is 1.71 bits per heavy atom. The SMILES string of the molecule is CCN1CCC(CC2CN(C)C2)CC1. The summed E-state index contributed by atoms with van der Waals surface area (Å²) in [7, 11) is 2.23. The van der Waals surface area contributed by atoms with Gasteiger partial charge < -0.3 is 9.80 Å². The van der Waals surface area contributed by atoms with Gasteiger partial charge in [-0.1, -0.05) is 6.92 Å². The van der Waals surface area contributed by atoms with Crippen LogP contribution >= 0.6 is 0 Å². The monoisotopic (exact) mass is 196 g/mol. The predicted octanol–water partition coefficient (Wildman–Crippen LogP) is 1.67. The summed E-state index contributed by atoms with van der Waals surface area (Å²) in [5.74, 6) is 2.06. The van der Waals surface area contributed by atoms with E-state index in [0.717, 1.165) is 11.8 Å². The molecule has 2 aliphatic rings. The second-order valence-corrected chi connectivity index (χ2v) is 5.20. The highest BCUT2D eigenvalue weighted by Gasteiger charge is 2.27. The third kappa shape index (κ3) is 2.48. The number of rotatable bonds is 3. The Kier molecular flexibility index (Phi) is 3.45. The van der Waals surface area contributed by atoms with E-state index < -0.39 is 0 Å². The van der Waals surface area contributed by atoms with Crippen LogP contribution in [0.2, 0.25) is 0 Å². The molecule has 0 spiro atoms. The molecule has 0 saturated carbocycles. The highest BCUT2D eigenvalue weighted by molar-refractivity contribution is 4.81. The summed E-state index contributed by atoms with van der Waals surface area (Å²) < 4.78 is 0. The molecule has 2 nitrogen and oxygen atoms in total. The molecule has 0 atom stereocenters. The molecule has 0 bridgehead atoms. The number of hydrogen-bond acceptors (Lipinski definition) is 2. The van der Waals surface area contributed by atoms with Crippen LogP contribution in [0.1, 0.15) is 26.2 Å². The van der Waals surface area contributed by atoms with Crippen LogP contribution in [0.5, 0.6) is 0 Å². The second-order valence-electron chi connectivity index (χ2n) is 5.20. The molecule has 0 radical (unpaired) electrons. The minimum absolute atomic E-state index is 1.03. The van der Waals surface area contributed by atoms with Crippen LogP contribution in [0.15, 0.2) is 0 Å². The maximum Gasteiger partial charge on any atom is 0.00191 e. The van der Waals surface area contributed by atoms with Crippen LogP contribution in [0.4, 0.5) is 0 Å². The van der Waals surface area contributed by atoms with Crippen molar-refractivity contribution in [1.29, 1.82) is 0 Å². The van der Waals surface area contributed by atoms with Crippen LogP contribution in [0.3, 0.4) is 0 Å². The number of piperidine rings is 1. The van der Waals surface area contributed by atoms with Crippen LogP contribution in [-0.4, -0.2) is 49.6 Å². The molecule has 0 aliphatic carbocycles. The maximum atomic E-state index is 2.59. The van der Waals surface area contributed by atoms with E-state index in [0.29, 0.717) is 0 Å². The zero-order chi connectivity index (χ0) is 9.97. The minimum Gasteiger partial charge on any atom is -0.306 e. The summed E-state index contributed by atoms with van der Waals surface area (Å²) in [6.45, 7) is 8.94. The third-order valence-electron chi connectivity index (χ3n) is 3.96. The molecule has 0 aromatic heterocycles. The molecule has 2 fully saturated rings. The van der Waals surface area contributed by atoms with Crippen LogP contribution < -0.4 is 0 Å². The largest absolute Gasteiger partial charge is 0.306 e. The minimum atomic E-state index is 1.03. The van der Waals surface area contributed by atoms with Gasteiger partial charge in [-0.15, -0.1) is 0 Å². The first-order valence-electron chi connectivity index (χ1n) is 6.18. The van der Waals surface area contributed by atoms with Crippen molar-refractivity contribution < 1.29 is 0 Å². The highest BCUT2D eigenvalue weighted by atomic mass is 15.2. The highest BCUT2D eigenvalue weighted by Crippen LogP contribution is 2.28. The van der Waals surface area contributed by atoms with E-state index in [4.69, 9.17) is 0 Å². The van der Waals surface area contributed by atoms with E-state index in [1.54, 1.807) is 0 Å². The van der Waals surface area contributed by atoms with Crippen molar-refractivity contribution >= 4 is 0 Å². The van der Waals surface area contributed by atoms with Gasteiger partial charge in [-0.3, -0.25) is 0 Å². The molecule has 2 rings (SSSR count). The first-order valence-corrected chi connectivity index (χ1v) is 6.18. The van der Waals surface area contributed by atoms with Gasteiger partial charge in [0.1, 0.15) is 0 Å². The predicted molar refractivity (Wildman–Crippen MR) is 60.4 cm³/mol. The van der Waals surface area contributed by atoms with Crippen LogP contribution in [-0.2, 0) is 0 Å². The molecular formula is C12H24N2. The Balaban J connectivity index is 1.64. The smallest absolute Gasteiger partial charge is 0.00191 e. The zero-order valence-electron chi connectivity index (χ0n) is 9.71. The van der Waals surface area contributed by atoms with Crippen molar-refractivity contribution in [1.82, 2.24) is 9.80 Å². The van der Waals surface area contributed by atoms with Gasteiger partial charge in [0.2, 0.25) is 0 Å². The molecule has 14 heavy (non-hydrogen) atoms. The van der Waals surface area contributed by atoms with Crippen molar-refractivity contribution in [3.8, 4) is 0 Å². The Morgan fingerprint density at radius 3 is 2.21 bits per heavy atom. The molecule has 2 heterocycles. The molecule has 0 unspecified atom stereocenters. The summed E-state index contributed by atoms with van der Waals surface area (Å²) in [5, 5.41) is 0. The summed E-state index contributed by atoms with van der Waals surface area (Å²) in [4.78, 5) is 5.02. The van der Waals surface area contributed by atoms with E-state index in [2.05, 4.69) is 23.8 Å². The lowest BCUT2D eigenvalue weighted by Gasteiger charge is -2.40. The van der Waals surface area contributed by atoms with Crippen molar-refractivity contribution in [3.05, 3.63) is 0 Å². The third-order valence-corrected chi connectivity index (χ3v) is 3.96. The molecule has 0 N–H and O–H groups in total. The summed E-state index contributed by atoms with van der Waals surface area (Å²) in [6.07, 6.45) is 4.41. The van der Waals surface area contributed by atoms with Crippen LogP contribution in [0.25, 0.3) is 0 Å². The molecular weight excluding hydrogens is 172 g/mol. The molecule has 0 amide bonds. The van der Waals surface area contributed by atoms with E-state index in [1.165, 1.54) is 52.0 Å². The molecule has 2 aliphatic heterocycles. The number of hydrogen-bond donors (Lipinski definition) is 0. The lowest BCUT2D eigenvalue weighted by atomic mass is 9.84. The van der Waals surface area contributed by atoms with E-state index in [1.807, 2.05) is 0 Å². The summed E-state index contributed by atoms with van der Waals surface area (Å²) in [5.41, 5.74) is 0. The second kappa shape index (κ2) is 4.63. The van der Waals surface area contributed by atoms with Gasteiger partial charge in [0, 0.05) is 13.1 Å². The Hall–Kier alpha value is -0.0800. The molecule has 2 saturated heterocycles. The van der Waals surface area contributed by atoms with E-state index in [-0.39, 0.29) is 0 Å². The normalized spacial score (nSPS) is 27.9. The maximum absolute atomic E-state index is 2.59. The van der Waals surface area contributed by atoms with Crippen molar-refractivity contribution in [2.45, 2.75) is 26.2 Å². The summed E-state index contributed by atoms with van der Waals surface area (Å²) in [6, 6.07) is 0. The van der Waals surface area contributed by atoms with E-state index in [9.17, 15) is 0 Å². The van der Waals surface area contributed by atoms with E-state index >= 15 is 0 Å². The standard InChI is InChI=1S/C12H24N2/c1-3-14-6-4-11(5-7-14)8-12-9-13(2)10-12/h11-12H,3-10H2,1-2H3. The fourth-order valence-electron chi connectivity index (χ4n) is 2.99. The average Bonchev–Trinajstić information content (AvgIpc) is 2.17. The van der Waals surface area contributed by atoms with Crippen molar-refractivity contribution in [2.75, 3.05) is 39.8 Å². The van der Waals surface area contributed by atoms with Gasteiger partial charge in [-0.25, -0.2) is 0 Å². The Bertz CT molecular complexity index is 167. The van der Waals surface area contributed by atoms with Crippen molar-refractivity contribution in [3.63, 3.8) is 0 Å². The fraction of sp³-hybridized carbons (Fsp3) is 1.00. The van der Waals surface area contributed by atoms with Gasteiger partial charge in [0.25, 0.3) is 0 Å². The molecule has 0 aromatic carbocycles. The molecule has 0 aromatic rings. The number of nitrogens with zero attached hydrogens (tertiary/aromatic N) is 2. The Labute approximate surface area is 88.3 Å². The van der Waals surface area contributed by atoms with Gasteiger partial charge >= 0.3 is 0 Å². The van der Waals surface area contributed by atoms with Gasteiger partial charge in [0.15, 0.2) is 0 Å². The lowest BCUT2D eigenvalue weighted by molar-refractivity contribution is 0.0903. The zero-order valence-corrected chi connectivity index (χ0v) is 9.71. The molecule has 2 heteroatoms. The van der Waals surface area contributed by atoms with Gasteiger partial charge in [-0.05, 0) is 57.8 Å². The van der Waals surface area contributed by atoms with Crippen molar-refractivity contribution in [2.24, 2.45) is 11.8 Å². The van der Waals surface area contributed by atoms with Gasteiger partial charge in [-0.2, -0.15) is 0 Å². The Morgan fingerprint density at radius 1 is 1.07 bits per heavy atom.